The van der Waals surface area contributed by atoms with Crippen LogP contribution in [0, 0.1) is 5.41 Å². The molecular formula is C12H24N2OS. The smallest absolute Gasteiger partial charge is 0.226 e. The van der Waals surface area contributed by atoms with Crippen molar-refractivity contribution in [2.45, 2.75) is 52.9 Å². The Morgan fingerprint density at radius 1 is 1.38 bits per heavy atom. The van der Waals surface area contributed by atoms with E-state index in [1.54, 1.807) is 0 Å². The van der Waals surface area contributed by atoms with E-state index in [9.17, 15) is 4.79 Å². The predicted octanol–water partition coefficient (Wildman–Crippen LogP) is 2.39. The Morgan fingerprint density at radius 2 is 2.00 bits per heavy atom. The minimum absolute atomic E-state index is 0.0731. The second-order valence-electron chi connectivity index (χ2n) is 5.04. The minimum atomic E-state index is -0.0731. The molecule has 4 heteroatoms. The summed E-state index contributed by atoms with van der Waals surface area (Å²) < 4.78 is 0. The summed E-state index contributed by atoms with van der Waals surface area (Å²) in [7, 11) is 0. The van der Waals surface area contributed by atoms with Gasteiger partial charge in [0.1, 0.15) is 0 Å². The average Bonchev–Trinajstić information content (AvgIpc) is 2.14. The molecule has 0 rings (SSSR count). The number of carbonyl (C=O) groups excluding carboxylic acids is 1. The molecule has 0 fully saturated rings. The van der Waals surface area contributed by atoms with Crippen molar-refractivity contribution in [1.29, 1.82) is 0 Å². The van der Waals surface area contributed by atoms with E-state index >= 15 is 0 Å². The van der Waals surface area contributed by atoms with E-state index in [-0.39, 0.29) is 22.7 Å². The summed E-state index contributed by atoms with van der Waals surface area (Å²) in [4.78, 5) is 11.6. The zero-order valence-electron chi connectivity index (χ0n) is 10.6. The van der Waals surface area contributed by atoms with Crippen molar-refractivity contribution in [3.05, 3.63) is 0 Å². The number of thiocarbonyl (C=S) groups is 1. The minimum Gasteiger partial charge on any atom is -0.393 e. The second-order valence-corrected chi connectivity index (χ2v) is 5.57. The maximum atomic E-state index is 11.4. The maximum Gasteiger partial charge on any atom is 0.226 e. The Kier molecular flexibility index (Phi) is 7.30. The third kappa shape index (κ3) is 8.65. The van der Waals surface area contributed by atoms with Crippen molar-refractivity contribution in [3.8, 4) is 0 Å². The summed E-state index contributed by atoms with van der Waals surface area (Å²) in [6.45, 7) is 7.22. The first-order valence-corrected chi connectivity index (χ1v) is 6.33. The van der Waals surface area contributed by atoms with Gasteiger partial charge in [0.15, 0.2) is 0 Å². The topological polar surface area (TPSA) is 55.1 Å². The molecule has 16 heavy (non-hydrogen) atoms. The van der Waals surface area contributed by atoms with Gasteiger partial charge in [0.25, 0.3) is 0 Å². The monoisotopic (exact) mass is 244 g/mol. The lowest BCUT2D eigenvalue weighted by Crippen LogP contribution is -2.35. The van der Waals surface area contributed by atoms with Crippen LogP contribution in [0.2, 0.25) is 0 Å². The van der Waals surface area contributed by atoms with E-state index in [0.717, 1.165) is 6.42 Å². The van der Waals surface area contributed by atoms with E-state index in [1.165, 1.54) is 19.3 Å². The molecule has 94 valence electrons. The molecule has 0 unspecified atom stereocenters. The van der Waals surface area contributed by atoms with Crippen molar-refractivity contribution in [2.75, 3.05) is 6.54 Å². The number of hydrogen-bond donors (Lipinski definition) is 2. The van der Waals surface area contributed by atoms with Gasteiger partial charge in [0.05, 0.1) is 11.4 Å². The van der Waals surface area contributed by atoms with Gasteiger partial charge in [-0.25, -0.2) is 0 Å². The van der Waals surface area contributed by atoms with Gasteiger partial charge in [-0.2, -0.15) is 0 Å². The highest BCUT2D eigenvalue weighted by molar-refractivity contribution is 7.80. The van der Waals surface area contributed by atoms with Crippen LogP contribution in [0.25, 0.3) is 0 Å². The number of amides is 1. The molecule has 0 bridgehead atoms. The Bertz CT molecular complexity index is 239. The van der Waals surface area contributed by atoms with Crippen LogP contribution in [0.1, 0.15) is 52.9 Å². The molecule has 0 aliphatic carbocycles. The highest BCUT2D eigenvalue weighted by Gasteiger charge is 2.18. The molecule has 0 aliphatic rings. The number of carbonyl (C=O) groups is 1. The van der Waals surface area contributed by atoms with E-state index in [2.05, 4.69) is 38.3 Å². The fraction of sp³-hybridized carbons (Fsp3) is 0.833. The van der Waals surface area contributed by atoms with Gasteiger partial charge in [-0.1, -0.05) is 52.3 Å². The van der Waals surface area contributed by atoms with Gasteiger partial charge in [-0.3, -0.25) is 4.79 Å². The predicted molar refractivity (Wildman–Crippen MR) is 72.3 cm³/mol. The largest absolute Gasteiger partial charge is 0.393 e. The molecule has 0 radical (unpaired) electrons. The molecule has 0 spiro atoms. The highest BCUT2D eigenvalue weighted by atomic mass is 32.1. The third-order valence-electron chi connectivity index (χ3n) is 2.56. The Hall–Kier alpha value is -0.640. The maximum absolute atomic E-state index is 11.4. The van der Waals surface area contributed by atoms with E-state index in [0.29, 0.717) is 6.54 Å². The summed E-state index contributed by atoms with van der Waals surface area (Å²) in [5.74, 6) is -0.0731. The molecule has 0 saturated carbocycles. The highest BCUT2D eigenvalue weighted by Crippen LogP contribution is 2.22. The van der Waals surface area contributed by atoms with Crippen LogP contribution in [-0.2, 0) is 4.79 Å². The van der Waals surface area contributed by atoms with Crippen LogP contribution < -0.4 is 11.1 Å². The van der Waals surface area contributed by atoms with Gasteiger partial charge in [-0.05, 0) is 11.8 Å². The number of unbranched alkanes of at least 4 members (excludes halogenated alkanes) is 2. The van der Waals surface area contributed by atoms with E-state index in [1.807, 2.05) is 0 Å². The van der Waals surface area contributed by atoms with Gasteiger partial charge < -0.3 is 11.1 Å². The Balaban J connectivity index is 3.79. The van der Waals surface area contributed by atoms with Crippen LogP contribution in [-0.4, -0.2) is 17.4 Å². The summed E-state index contributed by atoms with van der Waals surface area (Å²) in [6, 6.07) is 0. The van der Waals surface area contributed by atoms with Crippen molar-refractivity contribution >= 4 is 23.1 Å². The average molecular weight is 244 g/mol. The Labute approximate surface area is 104 Å². The summed E-state index contributed by atoms with van der Waals surface area (Å²) >= 11 is 4.68. The number of rotatable bonds is 8. The molecular weight excluding hydrogens is 220 g/mol. The number of nitrogens with one attached hydrogen (secondary N) is 1. The van der Waals surface area contributed by atoms with E-state index in [4.69, 9.17) is 5.73 Å². The lowest BCUT2D eigenvalue weighted by atomic mass is 9.87. The van der Waals surface area contributed by atoms with Crippen LogP contribution in [0.4, 0.5) is 0 Å². The van der Waals surface area contributed by atoms with Crippen LogP contribution in [0.3, 0.4) is 0 Å². The van der Waals surface area contributed by atoms with Crippen LogP contribution in [0.5, 0.6) is 0 Å². The van der Waals surface area contributed by atoms with Gasteiger partial charge >= 0.3 is 0 Å². The zero-order chi connectivity index (χ0) is 12.6. The first kappa shape index (κ1) is 15.4. The van der Waals surface area contributed by atoms with Gasteiger partial charge in [0.2, 0.25) is 5.91 Å². The van der Waals surface area contributed by atoms with Crippen molar-refractivity contribution in [1.82, 2.24) is 5.32 Å². The first-order chi connectivity index (χ1) is 7.37. The quantitative estimate of drug-likeness (QED) is 0.509. The van der Waals surface area contributed by atoms with Crippen molar-refractivity contribution in [2.24, 2.45) is 11.1 Å². The standard InChI is InChI=1S/C12H24N2OS/c1-4-5-6-7-12(2,3)9-14-11(15)8-10(13)16/h4-9H2,1-3H3,(H2,13,16)(H,14,15). The zero-order valence-corrected chi connectivity index (χ0v) is 11.5. The molecule has 0 aromatic carbocycles. The molecule has 3 nitrogen and oxygen atoms in total. The first-order valence-electron chi connectivity index (χ1n) is 5.92. The van der Waals surface area contributed by atoms with Crippen LogP contribution >= 0.6 is 12.2 Å². The molecule has 1 amide bonds. The lowest BCUT2D eigenvalue weighted by molar-refractivity contribution is -0.120. The molecule has 0 heterocycles. The molecule has 0 atom stereocenters. The number of nitrogens with two attached hydrogens (primary N) is 1. The van der Waals surface area contributed by atoms with Gasteiger partial charge in [-0.15, -0.1) is 0 Å². The fourth-order valence-corrected chi connectivity index (χ4v) is 1.63. The fourth-order valence-electron chi connectivity index (χ4n) is 1.50. The van der Waals surface area contributed by atoms with Crippen molar-refractivity contribution in [3.63, 3.8) is 0 Å². The molecule has 0 saturated heterocycles. The van der Waals surface area contributed by atoms with Crippen LogP contribution in [0.15, 0.2) is 0 Å². The Morgan fingerprint density at radius 3 is 2.50 bits per heavy atom. The third-order valence-corrected chi connectivity index (χ3v) is 2.70. The molecule has 3 N–H and O–H groups in total. The summed E-state index contributed by atoms with van der Waals surface area (Å²) in [5, 5.41) is 2.87. The molecule has 0 aromatic heterocycles. The SMILES string of the molecule is CCCCCC(C)(C)CNC(=O)CC(N)=S. The summed E-state index contributed by atoms with van der Waals surface area (Å²) in [5.41, 5.74) is 5.46. The van der Waals surface area contributed by atoms with Crippen molar-refractivity contribution < 1.29 is 4.79 Å². The molecule has 0 aromatic rings. The summed E-state index contributed by atoms with van der Waals surface area (Å²) in [6.07, 6.45) is 4.98. The molecule has 0 aliphatic heterocycles. The van der Waals surface area contributed by atoms with E-state index < -0.39 is 0 Å². The van der Waals surface area contributed by atoms with Gasteiger partial charge in [0, 0.05) is 6.54 Å². The lowest BCUT2D eigenvalue weighted by Gasteiger charge is -2.24. The normalized spacial score (nSPS) is 11.2. The number of hydrogen-bond acceptors (Lipinski definition) is 2. The second kappa shape index (κ2) is 7.60.